The molecule has 2 nitrogen and oxygen atoms in total. The van der Waals surface area contributed by atoms with Gasteiger partial charge in [-0.05, 0) is 43.0 Å². The summed E-state index contributed by atoms with van der Waals surface area (Å²) in [6.07, 6.45) is 1.18. The van der Waals surface area contributed by atoms with E-state index in [9.17, 15) is 0 Å². The Hall–Kier alpha value is -0.730. The molecule has 0 bridgehead atoms. The maximum atomic E-state index is 6.26. The van der Waals surface area contributed by atoms with Crippen LogP contribution < -0.4 is 10.2 Å². The molecular formula is C16H25ClN2. The molecule has 1 saturated heterocycles. The number of anilines is 1. The Labute approximate surface area is 122 Å². The van der Waals surface area contributed by atoms with Crippen LogP contribution in [0.25, 0.3) is 0 Å². The standard InChI is InChI=1S/C16H25ClN2/c1-12-13(17)7-5-8-14(12)19-10-6-9-18-15(11-19)16(2,3)4/h5,7-8,15,18H,6,9-11H2,1-4H3. The summed E-state index contributed by atoms with van der Waals surface area (Å²) < 4.78 is 0. The molecule has 0 aromatic heterocycles. The lowest BCUT2D eigenvalue weighted by molar-refractivity contribution is 0.280. The first-order valence-electron chi connectivity index (χ1n) is 7.13. The number of nitrogens with one attached hydrogen (secondary N) is 1. The Bertz CT molecular complexity index is 437. The van der Waals surface area contributed by atoms with Crippen LogP contribution in [0, 0.1) is 12.3 Å². The summed E-state index contributed by atoms with van der Waals surface area (Å²) in [6.45, 7) is 12.3. The highest BCUT2D eigenvalue weighted by Gasteiger charge is 2.28. The maximum absolute atomic E-state index is 6.26. The van der Waals surface area contributed by atoms with Crippen molar-refractivity contribution < 1.29 is 0 Å². The fraction of sp³-hybridized carbons (Fsp3) is 0.625. The molecule has 1 aromatic carbocycles. The molecular weight excluding hydrogens is 256 g/mol. The van der Waals surface area contributed by atoms with E-state index in [1.165, 1.54) is 17.7 Å². The predicted molar refractivity (Wildman–Crippen MR) is 84.3 cm³/mol. The van der Waals surface area contributed by atoms with Crippen molar-refractivity contribution in [3.8, 4) is 0 Å². The van der Waals surface area contributed by atoms with Crippen LogP contribution >= 0.6 is 11.6 Å². The van der Waals surface area contributed by atoms with Crippen molar-refractivity contribution in [2.24, 2.45) is 5.41 Å². The highest BCUT2D eigenvalue weighted by Crippen LogP contribution is 2.29. The minimum absolute atomic E-state index is 0.273. The van der Waals surface area contributed by atoms with Gasteiger partial charge in [0.15, 0.2) is 0 Å². The van der Waals surface area contributed by atoms with E-state index in [1.807, 2.05) is 6.07 Å². The third kappa shape index (κ3) is 3.43. The summed E-state index contributed by atoms with van der Waals surface area (Å²) in [5, 5.41) is 4.54. The van der Waals surface area contributed by atoms with Gasteiger partial charge in [0.25, 0.3) is 0 Å². The van der Waals surface area contributed by atoms with E-state index in [1.54, 1.807) is 0 Å². The van der Waals surface area contributed by atoms with Gasteiger partial charge in [-0.3, -0.25) is 0 Å². The molecule has 1 aromatic rings. The largest absolute Gasteiger partial charge is 0.370 e. The molecule has 106 valence electrons. The summed E-state index contributed by atoms with van der Waals surface area (Å²) in [6, 6.07) is 6.72. The highest BCUT2D eigenvalue weighted by molar-refractivity contribution is 6.31. The summed E-state index contributed by atoms with van der Waals surface area (Å²) in [5.74, 6) is 0. The molecule has 1 heterocycles. The lowest BCUT2D eigenvalue weighted by Gasteiger charge is -2.35. The van der Waals surface area contributed by atoms with Gasteiger partial charge in [0.1, 0.15) is 0 Å². The van der Waals surface area contributed by atoms with Gasteiger partial charge >= 0.3 is 0 Å². The second-order valence-electron chi connectivity index (χ2n) is 6.56. The topological polar surface area (TPSA) is 15.3 Å². The lowest BCUT2D eigenvalue weighted by atomic mass is 9.86. The zero-order valence-electron chi connectivity index (χ0n) is 12.5. The number of benzene rings is 1. The Balaban J connectivity index is 2.25. The molecule has 0 radical (unpaired) electrons. The fourth-order valence-corrected chi connectivity index (χ4v) is 2.83. The Morgan fingerprint density at radius 1 is 1.32 bits per heavy atom. The molecule has 1 unspecified atom stereocenters. The average Bonchev–Trinajstić information content (AvgIpc) is 2.58. The molecule has 2 rings (SSSR count). The molecule has 19 heavy (non-hydrogen) atoms. The lowest BCUT2D eigenvalue weighted by Crippen LogP contribution is -2.46. The zero-order chi connectivity index (χ0) is 14.0. The first-order chi connectivity index (χ1) is 8.89. The van der Waals surface area contributed by atoms with Gasteiger partial charge in [0.05, 0.1) is 0 Å². The van der Waals surface area contributed by atoms with Gasteiger partial charge in [-0.25, -0.2) is 0 Å². The van der Waals surface area contributed by atoms with Crippen molar-refractivity contribution in [3.63, 3.8) is 0 Å². The third-order valence-corrected chi connectivity index (χ3v) is 4.43. The first kappa shape index (κ1) is 14.7. The summed E-state index contributed by atoms with van der Waals surface area (Å²) in [4.78, 5) is 2.48. The van der Waals surface area contributed by atoms with Crippen LogP contribution in [0.3, 0.4) is 0 Å². The highest BCUT2D eigenvalue weighted by atomic mass is 35.5. The number of halogens is 1. The molecule has 0 saturated carbocycles. The van der Waals surface area contributed by atoms with Crippen LogP contribution in [0.4, 0.5) is 5.69 Å². The summed E-state index contributed by atoms with van der Waals surface area (Å²) in [5.41, 5.74) is 2.75. The van der Waals surface area contributed by atoms with Crippen molar-refractivity contribution in [1.82, 2.24) is 5.32 Å². The van der Waals surface area contributed by atoms with Gasteiger partial charge in [0, 0.05) is 29.8 Å². The number of hydrogen-bond acceptors (Lipinski definition) is 2. The number of rotatable bonds is 1. The average molecular weight is 281 g/mol. The van der Waals surface area contributed by atoms with Crippen LogP contribution in [0.2, 0.25) is 5.02 Å². The smallest absolute Gasteiger partial charge is 0.0455 e. The van der Waals surface area contributed by atoms with E-state index in [0.29, 0.717) is 6.04 Å². The molecule has 0 amide bonds. The Kier molecular flexibility index (Phi) is 4.42. The van der Waals surface area contributed by atoms with Crippen molar-refractivity contribution in [3.05, 3.63) is 28.8 Å². The summed E-state index contributed by atoms with van der Waals surface area (Å²) >= 11 is 6.26. The van der Waals surface area contributed by atoms with Crippen LogP contribution in [0.5, 0.6) is 0 Å². The van der Waals surface area contributed by atoms with Crippen LogP contribution in [-0.2, 0) is 0 Å². The monoisotopic (exact) mass is 280 g/mol. The minimum Gasteiger partial charge on any atom is -0.370 e. The quantitative estimate of drug-likeness (QED) is 0.840. The van der Waals surface area contributed by atoms with Crippen LogP contribution in [0.15, 0.2) is 18.2 Å². The summed E-state index contributed by atoms with van der Waals surface area (Å²) in [7, 11) is 0. The van der Waals surface area contributed by atoms with Crippen molar-refractivity contribution >= 4 is 17.3 Å². The van der Waals surface area contributed by atoms with E-state index in [2.05, 4.69) is 50.0 Å². The van der Waals surface area contributed by atoms with Gasteiger partial charge in [0.2, 0.25) is 0 Å². The molecule has 1 aliphatic rings. The molecule has 1 fully saturated rings. The first-order valence-corrected chi connectivity index (χ1v) is 7.51. The normalized spacial score (nSPS) is 21.3. The van der Waals surface area contributed by atoms with E-state index < -0.39 is 0 Å². The fourth-order valence-electron chi connectivity index (χ4n) is 2.66. The van der Waals surface area contributed by atoms with Gasteiger partial charge in [-0.2, -0.15) is 0 Å². The van der Waals surface area contributed by atoms with E-state index in [4.69, 9.17) is 11.6 Å². The maximum Gasteiger partial charge on any atom is 0.0455 e. The number of nitrogens with zero attached hydrogens (tertiary/aromatic N) is 1. The SMILES string of the molecule is Cc1c(Cl)cccc1N1CCCNC(C(C)(C)C)C1. The molecule has 0 spiro atoms. The molecule has 1 atom stereocenters. The van der Waals surface area contributed by atoms with E-state index in [0.717, 1.165) is 24.7 Å². The van der Waals surface area contributed by atoms with Crippen molar-refractivity contribution in [1.29, 1.82) is 0 Å². The number of hydrogen-bond donors (Lipinski definition) is 1. The second-order valence-corrected chi connectivity index (χ2v) is 6.96. The van der Waals surface area contributed by atoms with Crippen molar-refractivity contribution in [2.45, 2.75) is 40.2 Å². The zero-order valence-corrected chi connectivity index (χ0v) is 13.2. The molecule has 3 heteroatoms. The van der Waals surface area contributed by atoms with Crippen LogP contribution in [-0.4, -0.2) is 25.7 Å². The Morgan fingerprint density at radius 3 is 2.74 bits per heavy atom. The van der Waals surface area contributed by atoms with E-state index in [-0.39, 0.29) is 5.41 Å². The van der Waals surface area contributed by atoms with Gasteiger partial charge in [-0.1, -0.05) is 38.4 Å². The van der Waals surface area contributed by atoms with Gasteiger partial charge < -0.3 is 10.2 Å². The van der Waals surface area contributed by atoms with Crippen molar-refractivity contribution in [2.75, 3.05) is 24.5 Å². The minimum atomic E-state index is 0.273. The Morgan fingerprint density at radius 2 is 2.05 bits per heavy atom. The molecule has 0 aliphatic carbocycles. The predicted octanol–water partition coefficient (Wildman–Crippen LogP) is 3.86. The van der Waals surface area contributed by atoms with Crippen LogP contribution in [0.1, 0.15) is 32.8 Å². The van der Waals surface area contributed by atoms with E-state index >= 15 is 0 Å². The molecule has 1 aliphatic heterocycles. The third-order valence-electron chi connectivity index (χ3n) is 4.02. The second kappa shape index (κ2) is 5.72. The van der Waals surface area contributed by atoms with Gasteiger partial charge in [-0.15, -0.1) is 0 Å². The molecule has 1 N–H and O–H groups in total.